The van der Waals surface area contributed by atoms with Crippen LogP contribution >= 0.6 is 0 Å². The van der Waals surface area contributed by atoms with E-state index in [4.69, 9.17) is 4.74 Å². The van der Waals surface area contributed by atoms with Crippen LogP contribution in [0.5, 0.6) is 5.75 Å². The van der Waals surface area contributed by atoms with E-state index in [9.17, 15) is 8.78 Å². The number of aromatic nitrogens is 2. The third-order valence-corrected chi connectivity index (χ3v) is 4.84. The smallest absolute Gasteiger partial charge is 0.147 e. The third-order valence-electron chi connectivity index (χ3n) is 4.84. The standard InChI is InChI=1S/C20H24F2N4O/c1-12-13(2)26(10-18(23-3)24-4)20-17(5-6-25-19(12)20)27-11-14-7-15(21)9-16(22)8-14/h5-9,18,23-24H,10-11H2,1-4H3. The molecular weight excluding hydrogens is 350 g/mol. The van der Waals surface area contributed by atoms with Crippen LogP contribution in [0.2, 0.25) is 0 Å². The van der Waals surface area contributed by atoms with Gasteiger partial charge in [0.1, 0.15) is 29.5 Å². The van der Waals surface area contributed by atoms with Crippen molar-refractivity contribution in [3.05, 3.63) is 58.9 Å². The molecule has 2 N–H and O–H groups in total. The molecule has 27 heavy (non-hydrogen) atoms. The molecule has 3 rings (SSSR count). The van der Waals surface area contributed by atoms with Gasteiger partial charge in [-0.3, -0.25) is 4.98 Å². The molecule has 0 spiro atoms. The summed E-state index contributed by atoms with van der Waals surface area (Å²) < 4.78 is 34.9. The van der Waals surface area contributed by atoms with E-state index in [0.717, 1.165) is 28.4 Å². The molecule has 0 amide bonds. The number of hydrogen-bond donors (Lipinski definition) is 2. The van der Waals surface area contributed by atoms with Crippen molar-refractivity contribution in [2.45, 2.75) is 33.2 Å². The van der Waals surface area contributed by atoms with Gasteiger partial charge in [-0.1, -0.05) is 0 Å². The number of ether oxygens (including phenoxy) is 1. The number of rotatable bonds is 7. The molecule has 2 aromatic heterocycles. The molecule has 0 radical (unpaired) electrons. The van der Waals surface area contributed by atoms with E-state index in [1.807, 2.05) is 27.9 Å². The lowest BCUT2D eigenvalue weighted by molar-refractivity contribution is 0.306. The Hall–Kier alpha value is -2.51. The number of hydrogen-bond acceptors (Lipinski definition) is 4. The first-order chi connectivity index (χ1) is 12.9. The summed E-state index contributed by atoms with van der Waals surface area (Å²) in [6, 6.07) is 5.17. The minimum absolute atomic E-state index is 0.0680. The Bertz CT molecular complexity index is 931. The van der Waals surface area contributed by atoms with Gasteiger partial charge in [-0.15, -0.1) is 0 Å². The minimum atomic E-state index is -0.616. The number of nitrogens with zero attached hydrogens (tertiary/aromatic N) is 2. The molecule has 0 bridgehead atoms. The number of benzene rings is 1. The molecule has 0 fully saturated rings. The first-order valence-corrected chi connectivity index (χ1v) is 8.81. The molecule has 0 aliphatic carbocycles. The molecule has 3 aromatic rings. The Kier molecular flexibility index (Phi) is 5.72. The lowest BCUT2D eigenvalue weighted by Gasteiger charge is -2.19. The van der Waals surface area contributed by atoms with Crippen LogP contribution in [0.1, 0.15) is 16.8 Å². The maximum absolute atomic E-state index is 13.4. The van der Waals surface area contributed by atoms with E-state index < -0.39 is 11.6 Å². The summed E-state index contributed by atoms with van der Waals surface area (Å²) in [5, 5.41) is 6.43. The Morgan fingerprint density at radius 3 is 2.41 bits per heavy atom. The van der Waals surface area contributed by atoms with E-state index in [1.54, 1.807) is 12.3 Å². The highest BCUT2D eigenvalue weighted by molar-refractivity contribution is 5.86. The van der Waals surface area contributed by atoms with Crippen molar-refractivity contribution >= 4 is 11.0 Å². The summed E-state index contributed by atoms with van der Waals surface area (Å²) >= 11 is 0. The average Bonchev–Trinajstić information content (AvgIpc) is 2.88. The summed E-state index contributed by atoms with van der Waals surface area (Å²) in [5.41, 5.74) is 4.35. The predicted molar refractivity (Wildman–Crippen MR) is 102 cm³/mol. The molecule has 0 atom stereocenters. The van der Waals surface area contributed by atoms with E-state index in [0.29, 0.717) is 17.9 Å². The molecule has 144 valence electrons. The first-order valence-electron chi connectivity index (χ1n) is 8.81. The fourth-order valence-electron chi connectivity index (χ4n) is 3.22. The second-order valence-corrected chi connectivity index (χ2v) is 6.52. The molecule has 1 aromatic carbocycles. The zero-order chi connectivity index (χ0) is 19.6. The lowest BCUT2D eigenvalue weighted by Crippen LogP contribution is -2.41. The zero-order valence-corrected chi connectivity index (χ0v) is 15.9. The highest BCUT2D eigenvalue weighted by Crippen LogP contribution is 2.31. The Labute approximate surface area is 157 Å². The third kappa shape index (κ3) is 3.94. The number of likely N-dealkylation sites (N-methyl/N-ethyl adjacent to an activating group) is 2. The summed E-state index contributed by atoms with van der Waals surface area (Å²) in [6.45, 7) is 4.82. The van der Waals surface area contributed by atoms with Crippen molar-refractivity contribution in [1.29, 1.82) is 0 Å². The van der Waals surface area contributed by atoms with Crippen LogP contribution < -0.4 is 15.4 Å². The topological polar surface area (TPSA) is 51.1 Å². The highest BCUT2D eigenvalue weighted by Gasteiger charge is 2.18. The van der Waals surface area contributed by atoms with Gasteiger partial charge in [0, 0.05) is 24.0 Å². The molecule has 7 heteroatoms. The van der Waals surface area contributed by atoms with Gasteiger partial charge in [0.05, 0.1) is 18.2 Å². The molecular formula is C20H24F2N4O. The van der Waals surface area contributed by atoms with Crippen molar-refractivity contribution in [3.63, 3.8) is 0 Å². The number of fused-ring (bicyclic) bond motifs is 1. The molecule has 0 unspecified atom stereocenters. The van der Waals surface area contributed by atoms with Gasteiger partial charge < -0.3 is 19.9 Å². The Balaban J connectivity index is 1.98. The minimum Gasteiger partial charge on any atom is -0.487 e. The number of halogens is 2. The van der Waals surface area contributed by atoms with Crippen LogP contribution in [-0.4, -0.2) is 29.8 Å². The van der Waals surface area contributed by atoms with Gasteiger partial charge in [0.15, 0.2) is 0 Å². The van der Waals surface area contributed by atoms with Crippen LogP contribution in [0.3, 0.4) is 0 Å². The fourth-order valence-corrected chi connectivity index (χ4v) is 3.22. The maximum atomic E-state index is 13.4. The quantitative estimate of drug-likeness (QED) is 0.623. The molecule has 0 aliphatic rings. The summed E-state index contributed by atoms with van der Waals surface area (Å²) in [5.74, 6) is -0.601. The second kappa shape index (κ2) is 8.02. The number of nitrogens with one attached hydrogen (secondary N) is 2. The van der Waals surface area contributed by atoms with E-state index in [-0.39, 0.29) is 12.8 Å². The average molecular weight is 374 g/mol. The van der Waals surface area contributed by atoms with Gasteiger partial charge in [0.2, 0.25) is 0 Å². The maximum Gasteiger partial charge on any atom is 0.147 e. The fraction of sp³-hybridized carbons (Fsp3) is 0.350. The van der Waals surface area contributed by atoms with Gasteiger partial charge >= 0.3 is 0 Å². The van der Waals surface area contributed by atoms with Crippen LogP contribution in [0.15, 0.2) is 30.5 Å². The summed E-state index contributed by atoms with van der Waals surface area (Å²) in [4.78, 5) is 4.50. The van der Waals surface area contributed by atoms with Crippen molar-refractivity contribution in [2.24, 2.45) is 0 Å². The molecule has 0 aliphatic heterocycles. The van der Waals surface area contributed by atoms with Crippen LogP contribution in [0, 0.1) is 25.5 Å². The highest BCUT2D eigenvalue weighted by atomic mass is 19.1. The van der Waals surface area contributed by atoms with E-state index in [1.165, 1.54) is 12.1 Å². The van der Waals surface area contributed by atoms with Gasteiger partial charge in [-0.2, -0.15) is 0 Å². The Morgan fingerprint density at radius 2 is 1.78 bits per heavy atom. The summed E-state index contributed by atoms with van der Waals surface area (Å²) in [6.07, 6.45) is 1.76. The van der Waals surface area contributed by atoms with Gasteiger partial charge in [-0.05, 0) is 51.2 Å². The second-order valence-electron chi connectivity index (χ2n) is 6.52. The number of aryl methyl sites for hydroxylation is 1. The van der Waals surface area contributed by atoms with E-state index >= 15 is 0 Å². The predicted octanol–water partition coefficient (Wildman–Crippen LogP) is 3.28. The number of pyridine rings is 1. The molecule has 5 nitrogen and oxygen atoms in total. The summed E-state index contributed by atoms with van der Waals surface area (Å²) in [7, 11) is 3.78. The van der Waals surface area contributed by atoms with Crippen molar-refractivity contribution in [2.75, 3.05) is 14.1 Å². The van der Waals surface area contributed by atoms with Crippen molar-refractivity contribution < 1.29 is 13.5 Å². The Morgan fingerprint density at radius 1 is 1.11 bits per heavy atom. The van der Waals surface area contributed by atoms with Crippen LogP contribution in [0.4, 0.5) is 8.78 Å². The monoisotopic (exact) mass is 374 g/mol. The molecule has 0 saturated heterocycles. The van der Waals surface area contributed by atoms with Crippen molar-refractivity contribution in [3.8, 4) is 5.75 Å². The SMILES string of the molecule is CNC(Cn1c(C)c(C)c2nccc(OCc3cc(F)cc(F)c3)c21)NC. The van der Waals surface area contributed by atoms with Crippen LogP contribution in [0.25, 0.3) is 11.0 Å². The van der Waals surface area contributed by atoms with Crippen LogP contribution in [-0.2, 0) is 13.2 Å². The van der Waals surface area contributed by atoms with Gasteiger partial charge in [-0.25, -0.2) is 8.78 Å². The zero-order valence-electron chi connectivity index (χ0n) is 15.9. The van der Waals surface area contributed by atoms with Gasteiger partial charge in [0.25, 0.3) is 0 Å². The van der Waals surface area contributed by atoms with E-state index in [2.05, 4.69) is 20.2 Å². The molecule has 2 heterocycles. The molecule has 0 saturated carbocycles. The lowest BCUT2D eigenvalue weighted by atomic mass is 10.2. The van der Waals surface area contributed by atoms with Crippen molar-refractivity contribution in [1.82, 2.24) is 20.2 Å². The normalized spacial score (nSPS) is 11.5. The largest absolute Gasteiger partial charge is 0.487 e. The first kappa shape index (κ1) is 19.3.